The third-order valence-corrected chi connectivity index (χ3v) is 3.48. The molecule has 1 aliphatic rings. The summed E-state index contributed by atoms with van der Waals surface area (Å²) in [6.45, 7) is 1.01. The molecule has 1 aliphatic heterocycles. The summed E-state index contributed by atoms with van der Waals surface area (Å²) >= 11 is 0. The lowest BCUT2D eigenvalue weighted by Crippen LogP contribution is -2.33. The smallest absolute Gasteiger partial charge is 0.165 e. The number of halogens is 1. The van der Waals surface area contributed by atoms with E-state index in [0.29, 0.717) is 24.3 Å². The Hall–Kier alpha value is -1.76. The normalized spacial score (nSPS) is 23.4. The Morgan fingerprint density at radius 2 is 2.26 bits per heavy atom. The van der Waals surface area contributed by atoms with Crippen LogP contribution in [0.4, 0.5) is 10.2 Å². The Morgan fingerprint density at radius 1 is 1.42 bits per heavy atom. The number of alkyl halides is 1. The highest BCUT2D eigenvalue weighted by Crippen LogP contribution is 2.31. The van der Waals surface area contributed by atoms with Crippen molar-refractivity contribution in [3.8, 4) is 0 Å². The van der Waals surface area contributed by atoms with Crippen LogP contribution in [0.3, 0.4) is 0 Å². The number of anilines is 1. The molecule has 0 saturated carbocycles. The Morgan fingerprint density at radius 3 is 3.05 bits per heavy atom. The van der Waals surface area contributed by atoms with Crippen molar-refractivity contribution in [3.63, 3.8) is 0 Å². The van der Waals surface area contributed by atoms with E-state index >= 15 is 0 Å². The standard InChI is InChI=1S/C12H16FN5O/c1-17-8-16-9-10(17)14-7-15-11(9)18-4-3-12(13,5-18)6-19-2/h7-8H,3-6H2,1-2H3. The van der Waals surface area contributed by atoms with Crippen molar-refractivity contribution in [3.05, 3.63) is 12.7 Å². The molecule has 1 fully saturated rings. The minimum atomic E-state index is -1.30. The first-order chi connectivity index (χ1) is 9.13. The maximum absolute atomic E-state index is 14.4. The molecule has 0 spiro atoms. The number of aromatic nitrogens is 4. The Bertz CT molecular complexity index is 601. The van der Waals surface area contributed by atoms with Crippen LogP contribution in [0.15, 0.2) is 12.7 Å². The van der Waals surface area contributed by atoms with Gasteiger partial charge in [-0.25, -0.2) is 19.3 Å². The van der Waals surface area contributed by atoms with E-state index in [2.05, 4.69) is 15.0 Å². The zero-order chi connectivity index (χ0) is 13.5. The van der Waals surface area contributed by atoms with Gasteiger partial charge in [0.1, 0.15) is 6.33 Å². The number of ether oxygens (including phenoxy) is 1. The summed E-state index contributed by atoms with van der Waals surface area (Å²) in [7, 11) is 3.39. The predicted octanol–water partition coefficient (Wildman–Crippen LogP) is 0.928. The van der Waals surface area contributed by atoms with Crippen LogP contribution < -0.4 is 4.90 Å². The van der Waals surface area contributed by atoms with Crippen LogP contribution in [-0.2, 0) is 11.8 Å². The molecule has 7 heteroatoms. The Labute approximate surface area is 110 Å². The molecule has 0 amide bonds. The van der Waals surface area contributed by atoms with Crippen molar-refractivity contribution < 1.29 is 9.13 Å². The zero-order valence-electron chi connectivity index (χ0n) is 11.0. The van der Waals surface area contributed by atoms with Gasteiger partial charge in [0.25, 0.3) is 0 Å². The molecule has 0 bridgehead atoms. The number of methoxy groups -OCH3 is 1. The van der Waals surface area contributed by atoms with E-state index in [4.69, 9.17) is 4.74 Å². The van der Waals surface area contributed by atoms with Gasteiger partial charge in [0.05, 0.1) is 19.5 Å². The minimum absolute atomic E-state index is 0.111. The third-order valence-electron chi connectivity index (χ3n) is 3.48. The molecular weight excluding hydrogens is 249 g/mol. The van der Waals surface area contributed by atoms with Gasteiger partial charge in [-0.3, -0.25) is 0 Å². The van der Waals surface area contributed by atoms with Crippen LogP contribution in [0.1, 0.15) is 6.42 Å². The second kappa shape index (κ2) is 4.41. The molecular formula is C12H16FN5O. The van der Waals surface area contributed by atoms with Gasteiger partial charge in [0.2, 0.25) is 0 Å². The molecule has 0 aromatic carbocycles. The van der Waals surface area contributed by atoms with Crippen molar-refractivity contribution in [1.29, 1.82) is 0 Å². The number of hydrogen-bond donors (Lipinski definition) is 0. The fraction of sp³-hybridized carbons (Fsp3) is 0.583. The quantitative estimate of drug-likeness (QED) is 0.826. The van der Waals surface area contributed by atoms with Gasteiger partial charge < -0.3 is 14.2 Å². The summed E-state index contributed by atoms with van der Waals surface area (Å²) in [5, 5.41) is 0. The predicted molar refractivity (Wildman–Crippen MR) is 68.8 cm³/mol. The van der Waals surface area contributed by atoms with E-state index in [9.17, 15) is 4.39 Å². The second-order valence-electron chi connectivity index (χ2n) is 4.98. The van der Waals surface area contributed by atoms with Crippen LogP contribution in [-0.4, -0.2) is 52.0 Å². The van der Waals surface area contributed by atoms with E-state index in [0.717, 1.165) is 5.65 Å². The van der Waals surface area contributed by atoms with Crippen LogP contribution in [0.25, 0.3) is 11.2 Å². The van der Waals surface area contributed by atoms with Crippen LogP contribution >= 0.6 is 0 Å². The van der Waals surface area contributed by atoms with Crippen molar-refractivity contribution in [2.45, 2.75) is 12.1 Å². The molecule has 6 nitrogen and oxygen atoms in total. The van der Waals surface area contributed by atoms with E-state index in [-0.39, 0.29) is 13.2 Å². The molecule has 102 valence electrons. The molecule has 1 atom stereocenters. The van der Waals surface area contributed by atoms with E-state index in [1.807, 2.05) is 16.5 Å². The van der Waals surface area contributed by atoms with Crippen molar-refractivity contribution in [1.82, 2.24) is 19.5 Å². The Kier molecular flexibility index (Phi) is 2.85. The number of hydrogen-bond acceptors (Lipinski definition) is 5. The maximum Gasteiger partial charge on any atom is 0.165 e. The van der Waals surface area contributed by atoms with E-state index < -0.39 is 5.67 Å². The molecule has 2 aromatic rings. The molecule has 2 aromatic heterocycles. The van der Waals surface area contributed by atoms with Gasteiger partial charge in [-0.05, 0) is 0 Å². The summed E-state index contributed by atoms with van der Waals surface area (Å²) in [5.74, 6) is 0.696. The van der Waals surface area contributed by atoms with Crippen molar-refractivity contribution in [2.75, 3.05) is 31.7 Å². The monoisotopic (exact) mass is 265 g/mol. The third kappa shape index (κ3) is 2.03. The molecule has 1 unspecified atom stereocenters. The summed E-state index contributed by atoms with van der Waals surface area (Å²) in [4.78, 5) is 14.7. The summed E-state index contributed by atoms with van der Waals surface area (Å²) in [5.41, 5.74) is 0.167. The lowest BCUT2D eigenvalue weighted by molar-refractivity contribution is 0.0571. The SMILES string of the molecule is COCC1(F)CCN(c2ncnc3c2ncn3C)C1. The lowest BCUT2D eigenvalue weighted by Gasteiger charge is -2.20. The highest BCUT2D eigenvalue weighted by Gasteiger charge is 2.39. The van der Waals surface area contributed by atoms with Gasteiger partial charge in [0.15, 0.2) is 22.7 Å². The van der Waals surface area contributed by atoms with Gasteiger partial charge >= 0.3 is 0 Å². The molecule has 1 saturated heterocycles. The molecule has 0 N–H and O–H groups in total. The van der Waals surface area contributed by atoms with Crippen LogP contribution in [0, 0.1) is 0 Å². The number of fused-ring (bicyclic) bond motifs is 1. The van der Waals surface area contributed by atoms with Crippen molar-refractivity contribution >= 4 is 17.0 Å². The molecule has 3 rings (SSSR count). The van der Waals surface area contributed by atoms with Gasteiger partial charge in [-0.15, -0.1) is 0 Å². The highest BCUT2D eigenvalue weighted by molar-refractivity contribution is 5.83. The molecule has 19 heavy (non-hydrogen) atoms. The largest absolute Gasteiger partial charge is 0.381 e. The first-order valence-corrected chi connectivity index (χ1v) is 6.18. The summed E-state index contributed by atoms with van der Waals surface area (Å²) in [6.07, 6.45) is 3.63. The highest BCUT2D eigenvalue weighted by atomic mass is 19.1. The average Bonchev–Trinajstić information content (AvgIpc) is 2.95. The molecule has 3 heterocycles. The van der Waals surface area contributed by atoms with Crippen LogP contribution in [0.5, 0.6) is 0 Å². The molecule has 0 radical (unpaired) electrons. The number of imidazole rings is 1. The molecule has 0 aliphatic carbocycles. The Balaban J connectivity index is 1.94. The first-order valence-electron chi connectivity index (χ1n) is 6.18. The fourth-order valence-corrected chi connectivity index (χ4v) is 2.56. The average molecular weight is 265 g/mol. The number of rotatable bonds is 3. The van der Waals surface area contributed by atoms with Gasteiger partial charge in [-0.2, -0.15) is 0 Å². The second-order valence-corrected chi connectivity index (χ2v) is 4.98. The topological polar surface area (TPSA) is 56.1 Å². The lowest BCUT2D eigenvalue weighted by atomic mass is 10.1. The van der Waals surface area contributed by atoms with Gasteiger partial charge in [0, 0.05) is 27.1 Å². The van der Waals surface area contributed by atoms with E-state index in [1.54, 1.807) is 6.33 Å². The number of nitrogens with zero attached hydrogens (tertiary/aromatic N) is 5. The summed E-state index contributed by atoms with van der Waals surface area (Å²) in [6, 6.07) is 0. The first kappa shape index (κ1) is 12.3. The summed E-state index contributed by atoms with van der Waals surface area (Å²) < 4.78 is 21.2. The maximum atomic E-state index is 14.4. The minimum Gasteiger partial charge on any atom is -0.381 e. The zero-order valence-corrected chi connectivity index (χ0v) is 11.0. The van der Waals surface area contributed by atoms with Gasteiger partial charge in [-0.1, -0.05) is 0 Å². The van der Waals surface area contributed by atoms with Crippen molar-refractivity contribution in [2.24, 2.45) is 7.05 Å². The van der Waals surface area contributed by atoms with Crippen LogP contribution in [0.2, 0.25) is 0 Å². The van der Waals surface area contributed by atoms with E-state index in [1.165, 1.54) is 13.4 Å². The number of aryl methyl sites for hydroxylation is 1. The fourth-order valence-electron chi connectivity index (χ4n) is 2.56.